The van der Waals surface area contributed by atoms with E-state index in [0.29, 0.717) is 31.9 Å². The lowest BCUT2D eigenvalue weighted by atomic mass is 10.1. The van der Waals surface area contributed by atoms with Crippen molar-refractivity contribution in [1.29, 1.82) is 0 Å². The topological polar surface area (TPSA) is 86.8 Å². The molecule has 0 saturated heterocycles. The predicted octanol–water partition coefficient (Wildman–Crippen LogP) is 5.31. The van der Waals surface area contributed by atoms with E-state index in [2.05, 4.69) is 5.32 Å². The van der Waals surface area contributed by atoms with Gasteiger partial charge < -0.3 is 10.2 Å². The number of amides is 2. The van der Waals surface area contributed by atoms with Crippen LogP contribution in [0.2, 0.25) is 15.1 Å². The molecule has 0 aliphatic heterocycles. The second-order valence-corrected chi connectivity index (χ2v) is 11.4. The monoisotopic (exact) mass is 581 g/mol. The molecule has 0 saturated carbocycles. The normalized spacial score (nSPS) is 12.1. The number of likely N-dealkylation sites (N-methyl/N-ethyl adjacent to an activating group) is 1. The molecule has 3 aromatic rings. The molecule has 2 amide bonds. The Morgan fingerprint density at radius 3 is 2.22 bits per heavy atom. The van der Waals surface area contributed by atoms with Gasteiger partial charge in [-0.25, -0.2) is 8.42 Å². The van der Waals surface area contributed by atoms with Crippen LogP contribution in [0.5, 0.6) is 0 Å². The summed E-state index contributed by atoms with van der Waals surface area (Å²) in [4.78, 5) is 27.6. The number of aryl methyl sites for hydroxylation is 1. The van der Waals surface area contributed by atoms with Gasteiger partial charge in [0.2, 0.25) is 11.8 Å². The molecule has 1 N–H and O–H groups in total. The first kappa shape index (κ1) is 28.8. The van der Waals surface area contributed by atoms with Gasteiger partial charge in [0.25, 0.3) is 10.0 Å². The molecule has 0 fully saturated rings. The van der Waals surface area contributed by atoms with Crippen molar-refractivity contribution < 1.29 is 18.0 Å². The molecule has 7 nitrogen and oxygen atoms in total. The summed E-state index contributed by atoms with van der Waals surface area (Å²) in [6.07, 6.45) is 0. The van der Waals surface area contributed by atoms with E-state index < -0.39 is 34.4 Å². The lowest BCUT2D eigenvalue weighted by Crippen LogP contribution is -2.50. The molecule has 1 unspecified atom stereocenters. The van der Waals surface area contributed by atoms with Crippen LogP contribution in [-0.2, 0) is 26.2 Å². The highest BCUT2D eigenvalue weighted by Gasteiger charge is 2.33. The molecule has 37 heavy (non-hydrogen) atoms. The second-order valence-electron chi connectivity index (χ2n) is 8.32. The Kier molecular flexibility index (Phi) is 9.47. The summed E-state index contributed by atoms with van der Waals surface area (Å²) in [5, 5.41) is 3.61. The Bertz CT molecular complexity index is 1400. The van der Waals surface area contributed by atoms with Crippen molar-refractivity contribution in [1.82, 2.24) is 10.2 Å². The third-order valence-electron chi connectivity index (χ3n) is 5.79. The molecular weight excluding hydrogens is 557 g/mol. The molecule has 1 atom stereocenters. The average Bonchev–Trinajstić information content (AvgIpc) is 2.87. The summed E-state index contributed by atoms with van der Waals surface area (Å²) in [6, 6.07) is 16.5. The average molecular weight is 583 g/mol. The molecular formula is C26H26Cl3N3O4S. The van der Waals surface area contributed by atoms with Crippen molar-refractivity contribution in [3.05, 3.63) is 92.9 Å². The molecule has 0 spiro atoms. The van der Waals surface area contributed by atoms with Crippen LogP contribution >= 0.6 is 34.8 Å². The van der Waals surface area contributed by atoms with Crippen molar-refractivity contribution in [3.8, 4) is 0 Å². The van der Waals surface area contributed by atoms with Crippen LogP contribution in [0.4, 0.5) is 5.69 Å². The number of rotatable bonds is 9. The number of anilines is 1. The number of carbonyl (C=O) groups is 2. The highest BCUT2D eigenvalue weighted by Crippen LogP contribution is 2.30. The minimum Gasteiger partial charge on any atom is -0.357 e. The summed E-state index contributed by atoms with van der Waals surface area (Å²) in [7, 11) is -2.69. The van der Waals surface area contributed by atoms with E-state index >= 15 is 0 Å². The Balaban J connectivity index is 2.06. The maximum Gasteiger partial charge on any atom is 0.264 e. The summed E-state index contributed by atoms with van der Waals surface area (Å²) in [5.74, 6) is -0.996. The number of hydrogen-bond acceptors (Lipinski definition) is 4. The molecule has 0 aromatic heterocycles. The van der Waals surface area contributed by atoms with Gasteiger partial charge in [-0.1, -0.05) is 59.1 Å². The predicted molar refractivity (Wildman–Crippen MR) is 148 cm³/mol. The standard InChI is InChI=1S/C26H26Cl3N3O4S/c1-17-13-20(27)10-12-24(17)32(37(35,36)21-7-5-4-6-8-21)16-25(33)31(18(2)26(34)30-3)15-19-9-11-22(28)23(29)14-19/h4-14,18H,15-16H2,1-3H3,(H,30,34). The van der Waals surface area contributed by atoms with Crippen molar-refractivity contribution in [2.45, 2.75) is 31.3 Å². The van der Waals surface area contributed by atoms with Crippen LogP contribution in [0.15, 0.2) is 71.6 Å². The molecule has 0 radical (unpaired) electrons. The van der Waals surface area contributed by atoms with Crippen molar-refractivity contribution in [3.63, 3.8) is 0 Å². The molecule has 3 rings (SSSR count). The fraction of sp³-hybridized carbons (Fsp3) is 0.231. The molecule has 196 valence electrons. The Morgan fingerprint density at radius 2 is 1.62 bits per heavy atom. The Labute approximate surface area is 232 Å². The number of benzene rings is 3. The zero-order valence-electron chi connectivity index (χ0n) is 20.4. The van der Waals surface area contributed by atoms with Crippen molar-refractivity contribution >= 4 is 62.3 Å². The maximum absolute atomic E-state index is 13.8. The largest absolute Gasteiger partial charge is 0.357 e. The molecule has 0 bridgehead atoms. The van der Waals surface area contributed by atoms with Crippen LogP contribution in [0.3, 0.4) is 0 Å². The van der Waals surface area contributed by atoms with Crippen LogP contribution in [0.25, 0.3) is 0 Å². The van der Waals surface area contributed by atoms with Gasteiger partial charge in [0.05, 0.1) is 20.6 Å². The summed E-state index contributed by atoms with van der Waals surface area (Å²) < 4.78 is 28.5. The fourth-order valence-corrected chi connectivity index (χ4v) is 5.81. The van der Waals surface area contributed by atoms with Gasteiger partial charge in [-0.15, -0.1) is 0 Å². The molecule has 0 aliphatic rings. The minimum absolute atomic E-state index is 0.00311. The Hall–Kier alpha value is -2.78. The maximum atomic E-state index is 13.8. The van der Waals surface area contributed by atoms with Crippen molar-refractivity contribution in [2.24, 2.45) is 0 Å². The minimum atomic E-state index is -4.15. The van der Waals surface area contributed by atoms with Crippen molar-refractivity contribution in [2.75, 3.05) is 17.9 Å². The SMILES string of the molecule is CNC(=O)C(C)N(Cc1ccc(Cl)c(Cl)c1)C(=O)CN(c1ccc(Cl)cc1C)S(=O)(=O)c1ccccc1. The van der Waals surface area contributed by atoms with E-state index in [-0.39, 0.29) is 11.4 Å². The van der Waals surface area contributed by atoms with Gasteiger partial charge in [0.15, 0.2) is 0 Å². The first-order valence-corrected chi connectivity index (χ1v) is 13.8. The van der Waals surface area contributed by atoms with Gasteiger partial charge in [-0.2, -0.15) is 0 Å². The number of halogens is 3. The number of nitrogens with one attached hydrogen (secondary N) is 1. The van der Waals surface area contributed by atoms with Gasteiger partial charge in [-0.05, 0) is 67.4 Å². The number of hydrogen-bond donors (Lipinski definition) is 1. The first-order chi connectivity index (χ1) is 17.4. The van der Waals surface area contributed by atoms with E-state index in [4.69, 9.17) is 34.8 Å². The van der Waals surface area contributed by atoms with E-state index in [1.54, 1.807) is 68.4 Å². The Morgan fingerprint density at radius 1 is 0.946 bits per heavy atom. The van der Waals surface area contributed by atoms with Gasteiger partial charge in [-0.3, -0.25) is 13.9 Å². The second kappa shape index (κ2) is 12.2. The van der Waals surface area contributed by atoms with Crippen LogP contribution in [0.1, 0.15) is 18.1 Å². The zero-order valence-corrected chi connectivity index (χ0v) is 23.5. The lowest BCUT2D eigenvalue weighted by Gasteiger charge is -2.32. The molecule has 11 heteroatoms. The van der Waals surface area contributed by atoms with E-state index in [1.807, 2.05) is 0 Å². The highest BCUT2D eigenvalue weighted by atomic mass is 35.5. The molecule has 0 aliphatic carbocycles. The number of sulfonamides is 1. The van der Waals surface area contributed by atoms with Gasteiger partial charge in [0.1, 0.15) is 12.6 Å². The summed E-state index contributed by atoms with van der Waals surface area (Å²) in [5.41, 5.74) is 1.48. The van der Waals surface area contributed by atoms with E-state index in [9.17, 15) is 18.0 Å². The highest BCUT2D eigenvalue weighted by molar-refractivity contribution is 7.92. The third-order valence-corrected chi connectivity index (χ3v) is 8.54. The quantitative estimate of drug-likeness (QED) is 0.370. The third kappa shape index (κ3) is 6.76. The van der Waals surface area contributed by atoms with Gasteiger partial charge >= 0.3 is 0 Å². The van der Waals surface area contributed by atoms with Crippen LogP contribution in [-0.4, -0.2) is 44.8 Å². The lowest BCUT2D eigenvalue weighted by molar-refractivity contribution is -0.139. The van der Waals surface area contributed by atoms with E-state index in [1.165, 1.54) is 24.1 Å². The van der Waals surface area contributed by atoms with Crippen LogP contribution < -0.4 is 9.62 Å². The fourth-order valence-electron chi connectivity index (χ4n) is 3.76. The molecule has 3 aromatic carbocycles. The van der Waals surface area contributed by atoms with Gasteiger partial charge in [0, 0.05) is 18.6 Å². The zero-order chi connectivity index (χ0) is 27.3. The smallest absolute Gasteiger partial charge is 0.264 e. The summed E-state index contributed by atoms with van der Waals surface area (Å²) in [6.45, 7) is 2.73. The summed E-state index contributed by atoms with van der Waals surface area (Å²) >= 11 is 18.3. The number of nitrogens with zero attached hydrogens (tertiary/aromatic N) is 2. The van der Waals surface area contributed by atoms with E-state index in [0.717, 1.165) is 4.31 Å². The first-order valence-electron chi connectivity index (χ1n) is 11.2. The van der Waals surface area contributed by atoms with Crippen LogP contribution in [0, 0.1) is 6.92 Å². The molecule has 0 heterocycles. The number of carbonyl (C=O) groups excluding carboxylic acids is 2.